The van der Waals surface area contributed by atoms with E-state index in [9.17, 15) is 13.2 Å². The number of carbonyl (C=O) groups is 1. The number of hydrogen-bond acceptors (Lipinski definition) is 4. The van der Waals surface area contributed by atoms with Gasteiger partial charge in [-0.1, -0.05) is 38.0 Å². The summed E-state index contributed by atoms with van der Waals surface area (Å²) in [5, 5.41) is 2.79. The van der Waals surface area contributed by atoms with Gasteiger partial charge in [0.25, 0.3) is 0 Å². The number of amides is 1. The van der Waals surface area contributed by atoms with Crippen LogP contribution in [0.2, 0.25) is 0 Å². The van der Waals surface area contributed by atoms with Gasteiger partial charge in [0.05, 0.1) is 10.4 Å². The molecule has 1 saturated heterocycles. The lowest BCUT2D eigenvalue weighted by Crippen LogP contribution is -2.51. The summed E-state index contributed by atoms with van der Waals surface area (Å²) in [4.78, 5) is 12.6. The van der Waals surface area contributed by atoms with Crippen LogP contribution in [0.3, 0.4) is 0 Å². The SMILES string of the molecule is CCCC(C)(N)C(=O)NCc1ccccc1S(=O)(=O)N1CCCCC1. The molecule has 1 heterocycles. The number of rotatable bonds is 7. The van der Waals surface area contributed by atoms with Crippen LogP contribution in [0.25, 0.3) is 0 Å². The molecule has 0 radical (unpaired) electrons. The first kappa shape index (κ1) is 19.9. The summed E-state index contributed by atoms with van der Waals surface area (Å²) in [6.07, 6.45) is 4.23. The minimum Gasteiger partial charge on any atom is -0.350 e. The molecule has 0 saturated carbocycles. The van der Waals surface area contributed by atoms with Crippen molar-refractivity contribution in [1.82, 2.24) is 9.62 Å². The lowest BCUT2D eigenvalue weighted by Gasteiger charge is -2.27. The van der Waals surface area contributed by atoms with Crippen molar-refractivity contribution in [3.05, 3.63) is 29.8 Å². The molecule has 7 heteroatoms. The van der Waals surface area contributed by atoms with Crippen molar-refractivity contribution in [2.24, 2.45) is 5.73 Å². The van der Waals surface area contributed by atoms with Gasteiger partial charge in [-0.25, -0.2) is 8.42 Å². The van der Waals surface area contributed by atoms with Gasteiger partial charge in [0.2, 0.25) is 15.9 Å². The normalized spacial score (nSPS) is 18.5. The summed E-state index contributed by atoms with van der Waals surface area (Å²) in [6.45, 7) is 4.93. The first-order valence-corrected chi connectivity index (χ1v) is 10.4. The summed E-state index contributed by atoms with van der Waals surface area (Å²) in [5.74, 6) is -0.264. The molecule has 1 aliphatic rings. The molecule has 1 unspecified atom stereocenters. The van der Waals surface area contributed by atoms with Crippen LogP contribution in [0, 0.1) is 0 Å². The molecule has 1 aromatic carbocycles. The molecule has 1 amide bonds. The van der Waals surface area contributed by atoms with Crippen LogP contribution in [-0.4, -0.2) is 37.3 Å². The lowest BCUT2D eigenvalue weighted by atomic mass is 9.96. The van der Waals surface area contributed by atoms with E-state index >= 15 is 0 Å². The van der Waals surface area contributed by atoms with E-state index in [4.69, 9.17) is 5.73 Å². The molecule has 140 valence electrons. The van der Waals surface area contributed by atoms with E-state index < -0.39 is 15.6 Å². The quantitative estimate of drug-likeness (QED) is 0.771. The molecular formula is C18H29N3O3S. The molecule has 6 nitrogen and oxygen atoms in total. The Bertz CT molecular complexity index is 695. The van der Waals surface area contributed by atoms with E-state index in [0.717, 1.165) is 25.7 Å². The van der Waals surface area contributed by atoms with Crippen molar-refractivity contribution in [3.8, 4) is 0 Å². The van der Waals surface area contributed by atoms with E-state index in [1.807, 2.05) is 6.92 Å². The Labute approximate surface area is 150 Å². The maximum absolute atomic E-state index is 12.9. The zero-order chi connectivity index (χ0) is 18.5. The summed E-state index contributed by atoms with van der Waals surface area (Å²) < 4.78 is 27.4. The van der Waals surface area contributed by atoms with E-state index in [-0.39, 0.29) is 17.3 Å². The molecule has 1 aliphatic heterocycles. The Morgan fingerprint density at radius 2 is 1.88 bits per heavy atom. The molecule has 25 heavy (non-hydrogen) atoms. The number of nitrogens with zero attached hydrogens (tertiary/aromatic N) is 1. The van der Waals surface area contributed by atoms with Gasteiger partial charge in [0.1, 0.15) is 0 Å². The molecule has 1 aromatic rings. The first-order chi connectivity index (χ1) is 11.8. The Morgan fingerprint density at radius 3 is 2.52 bits per heavy atom. The Kier molecular flexibility index (Phi) is 6.59. The fourth-order valence-electron chi connectivity index (χ4n) is 3.16. The van der Waals surface area contributed by atoms with Gasteiger partial charge in [-0.2, -0.15) is 4.31 Å². The molecular weight excluding hydrogens is 338 g/mol. The highest BCUT2D eigenvalue weighted by Crippen LogP contribution is 2.23. The number of carbonyl (C=O) groups excluding carboxylic acids is 1. The average Bonchev–Trinajstić information content (AvgIpc) is 2.60. The number of piperidine rings is 1. The third kappa shape index (κ3) is 4.80. The molecule has 0 aliphatic carbocycles. The van der Waals surface area contributed by atoms with Crippen LogP contribution in [0.15, 0.2) is 29.2 Å². The van der Waals surface area contributed by atoms with Crippen molar-refractivity contribution < 1.29 is 13.2 Å². The second kappa shape index (κ2) is 8.29. The number of hydrogen-bond donors (Lipinski definition) is 2. The molecule has 1 atom stereocenters. The number of nitrogens with two attached hydrogens (primary N) is 1. The highest BCUT2D eigenvalue weighted by Gasteiger charge is 2.29. The van der Waals surface area contributed by atoms with E-state index in [0.29, 0.717) is 25.1 Å². The van der Waals surface area contributed by atoms with Crippen LogP contribution in [-0.2, 0) is 21.4 Å². The summed E-state index contributed by atoms with van der Waals surface area (Å²) in [5.41, 5.74) is 5.68. The zero-order valence-electron chi connectivity index (χ0n) is 15.1. The second-order valence-electron chi connectivity index (χ2n) is 6.92. The van der Waals surface area contributed by atoms with E-state index in [1.165, 1.54) is 0 Å². The Balaban J connectivity index is 2.17. The third-order valence-electron chi connectivity index (χ3n) is 4.63. The topological polar surface area (TPSA) is 92.5 Å². The maximum atomic E-state index is 12.9. The lowest BCUT2D eigenvalue weighted by molar-refractivity contribution is -0.126. The Morgan fingerprint density at radius 1 is 1.24 bits per heavy atom. The van der Waals surface area contributed by atoms with E-state index in [2.05, 4.69) is 5.32 Å². The zero-order valence-corrected chi connectivity index (χ0v) is 15.9. The predicted molar refractivity (Wildman–Crippen MR) is 98.4 cm³/mol. The number of benzene rings is 1. The maximum Gasteiger partial charge on any atom is 0.243 e. The van der Waals surface area contributed by atoms with Crippen molar-refractivity contribution in [3.63, 3.8) is 0 Å². The third-order valence-corrected chi connectivity index (χ3v) is 6.63. The van der Waals surface area contributed by atoms with Gasteiger partial charge in [0.15, 0.2) is 0 Å². The molecule has 3 N–H and O–H groups in total. The smallest absolute Gasteiger partial charge is 0.243 e. The van der Waals surface area contributed by atoms with Crippen LogP contribution >= 0.6 is 0 Å². The number of sulfonamides is 1. The van der Waals surface area contributed by atoms with Crippen LogP contribution in [0.5, 0.6) is 0 Å². The van der Waals surface area contributed by atoms with Crippen LogP contribution in [0.4, 0.5) is 0 Å². The summed E-state index contributed by atoms with van der Waals surface area (Å²) >= 11 is 0. The first-order valence-electron chi connectivity index (χ1n) is 8.94. The average molecular weight is 368 g/mol. The molecule has 0 bridgehead atoms. The summed E-state index contributed by atoms with van der Waals surface area (Å²) in [7, 11) is -3.54. The highest BCUT2D eigenvalue weighted by atomic mass is 32.2. The van der Waals surface area contributed by atoms with Gasteiger partial charge in [-0.3, -0.25) is 4.79 Å². The van der Waals surface area contributed by atoms with Crippen LogP contribution in [0.1, 0.15) is 51.5 Å². The highest BCUT2D eigenvalue weighted by molar-refractivity contribution is 7.89. The minimum absolute atomic E-state index is 0.151. The molecule has 0 aromatic heterocycles. The van der Waals surface area contributed by atoms with E-state index in [1.54, 1.807) is 35.5 Å². The minimum atomic E-state index is -3.54. The fraction of sp³-hybridized carbons (Fsp3) is 0.611. The van der Waals surface area contributed by atoms with Crippen molar-refractivity contribution in [2.45, 2.75) is 62.9 Å². The van der Waals surface area contributed by atoms with Gasteiger partial charge >= 0.3 is 0 Å². The van der Waals surface area contributed by atoms with Crippen molar-refractivity contribution in [1.29, 1.82) is 0 Å². The standard InChI is InChI=1S/C18H29N3O3S/c1-3-11-18(2,19)17(22)20-14-15-9-5-6-10-16(15)25(23,24)21-12-7-4-8-13-21/h5-6,9-10H,3-4,7-8,11-14,19H2,1-2H3,(H,20,22). The van der Waals surface area contributed by atoms with Crippen molar-refractivity contribution in [2.75, 3.05) is 13.1 Å². The molecule has 1 fully saturated rings. The Hall–Kier alpha value is -1.44. The van der Waals surface area contributed by atoms with Gasteiger partial charge in [0, 0.05) is 19.6 Å². The monoisotopic (exact) mass is 367 g/mol. The fourth-order valence-corrected chi connectivity index (χ4v) is 4.90. The van der Waals surface area contributed by atoms with Crippen LogP contribution < -0.4 is 11.1 Å². The summed E-state index contributed by atoms with van der Waals surface area (Å²) in [6, 6.07) is 6.85. The predicted octanol–water partition coefficient (Wildman–Crippen LogP) is 1.99. The van der Waals surface area contributed by atoms with Gasteiger partial charge in [-0.05, 0) is 37.8 Å². The molecule has 0 spiro atoms. The second-order valence-corrected chi connectivity index (χ2v) is 8.83. The number of nitrogens with one attached hydrogen (secondary N) is 1. The van der Waals surface area contributed by atoms with Gasteiger partial charge in [-0.15, -0.1) is 0 Å². The molecule has 2 rings (SSSR count). The largest absolute Gasteiger partial charge is 0.350 e. The van der Waals surface area contributed by atoms with Gasteiger partial charge < -0.3 is 11.1 Å². The van der Waals surface area contributed by atoms with Crippen molar-refractivity contribution >= 4 is 15.9 Å².